The minimum atomic E-state index is -0.0925. The summed E-state index contributed by atoms with van der Waals surface area (Å²) in [6.45, 7) is 5.35. The molecule has 0 spiro atoms. The van der Waals surface area contributed by atoms with Crippen molar-refractivity contribution in [1.29, 1.82) is 0 Å². The van der Waals surface area contributed by atoms with Crippen molar-refractivity contribution in [2.24, 2.45) is 17.8 Å². The van der Waals surface area contributed by atoms with Crippen LogP contribution in [0.3, 0.4) is 0 Å². The molecule has 1 aliphatic carbocycles. The smallest absolute Gasteiger partial charge is 0.232 e. The average molecular weight is 377 g/mol. The second-order valence-electron chi connectivity index (χ2n) is 8.24. The Labute approximate surface area is 159 Å². The molecular weight excluding hydrogens is 348 g/mol. The lowest BCUT2D eigenvalue weighted by atomic mass is 9.91. The molecule has 1 aromatic heterocycles. The molecule has 6 nitrogen and oxygen atoms in total. The number of thiazole rings is 1. The van der Waals surface area contributed by atoms with E-state index in [9.17, 15) is 9.59 Å². The zero-order chi connectivity index (χ0) is 18.3. The normalized spacial score (nSPS) is 24.8. The van der Waals surface area contributed by atoms with Crippen LogP contribution in [0.25, 0.3) is 0 Å². The van der Waals surface area contributed by atoms with E-state index in [2.05, 4.69) is 29.2 Å². The van der Waals surface area contributed by atoms with Crippen molar-refractivity contribution < 1.29 is 9.59 Å². The number of carbonyl (C=O) groups is 2. The molecule has 0 bridgehead atoms. The predicted molar refractivity (Wildman–Crippen MR) is 102 cm³/mol. The Morgan fingerprint density at radius 1 is 1.15 bits per heavy atom. The summed E-state index contributed by atoms with van der Waals surface area (Å²) in [6, 6.07) is 0. The molecule has 0 radical (unpaired) electrons. The van der Waals surface area contributed by atoms with E-state index >= 15 is 0 Å². The van der Waals surface area contributed by atoms with E-state index in [4.69, 9.17) is 0 Å². The first kappa shape index (κ1) is 17.9. The molecule has 1 N–H and O–H groups in total. The van der Waals surface area contributed by atoms with E-state index in [0.717, 1.165) is 49.6 Å². The highest BCUT2D eigenvalue weighted by Crippen LogP contribution is 2.33. The quantitative estimate of drug-likeness (QED) is 0.876. The van der Waals surface area contributed by atoms with Crippen LogP contribution in [0.2, 0.25) is 0 Å². The molecule has 1 aromatic rings. The number of carbonyl (C=O) groups excluding carboxylic acids is 2. The van der Waals surface area contributed by atoms with Crippen LogP contribution in [-0.2, 0) is 22.4 Å². The summed E-state index contributed by atoms with van der Waals surface area (Å²) in [5.41, 5.74) is 1.16. The average Bonchev–Trinajstić information content (AvgIpc) is 2.95. The lowest BCUT2D eigenvalue weighted by molar-refractivity contribution is -0.146. The van der Waals surface area contributed by atoms with Crippen LogP contribution in [0, 0.1) is 17.8 Å². The molecule has 3 aliphatic rings. The van der Waals surface area contributed by atoms with Crippen LogP contribution in [0.5, 0.6) is 0 Å². The number of likely N-dealkylation sites (tertiary alicyclic amines) is 2. The van der Waals surface area contributed by atoms with E-state index < -0.39 is 0 Å². The number of nitrogens with zero attached hydrogens (tertiary/aromatic N) is 3. The van der Waals surface area contributed by atoms with Crippen LogP contribution in [0.15, 0.2) is 0 Å². The molecule has 2 aliphatic heterocycles. The number of aromatic nitrogens is 1. The number of hydrogen-bond acceptors (Lipinski definition) is 5. The Kier molecular flexibility index (Phi) is 5.01. The lowest BCUT2D eigenvalue weighted by Crippen LogP contribution is -2.56. The van der Waals surface area contributed by atoms with E-state index in [-0.39, 0.29) is 23.7 Å². The molecule has 0 saturated carbocycles. The molecule has 0 aromatic carbocycles. The van der Waals surface area contributed by atoms with Gasteiger partial charge in [-0.1, -0.05) is 6.92 Å². The predicted octanol–water partition coefficient (Wildman–Crippen LogP) is 2.01. The summed E-state index contributed by atoms with van der Waals surface area (Å²) in [6.07, 6.45) is 5.15. The monoisotopic (exact) mass is 376 g/mol. The molecule has 3 heterocycles. The number of amides is 2. The highest BCUT2D eigenvalue weighted by atomic mass is 32.1. The van der Waals surface area contributed by atoms with Crippen molar-refractivity contribution >= 4 is 28.3 Å². The second kappa shape index (κ2) is 7.27. The topological polar surface area (TPSA) is 65.5 Å². The molecule has 142 valence electrons. The molecule has 2 saturated heterocycles. The minimum absolute atomic E-state index is 0.0107. The third kappa shape index (κ3) is 3.64. The van der Waals surface area contributed by atoms with Crippen molar-refractivity contribution in [3.05, 3.63) is 10.6 Å². The van der Waals surface area contributed by atoms with E-state index in [1.54, 1.807) is 11.3 Å². The summed E-state index contributed by atoms with van der Waals surface area (Å²) in [7, 11) is 2.10. The van der Waals surface area contributed by atoms with E-state index in [1.807, 2.05) is 4.90 Å². The maximum Gasteiger partial charge on any atom is 0.232 e. The number of rotatable bonds is 3. The van der Waals surface area contributed by atoms with Crippen LogP contribution in [0.4, 0.5) is 5.13 Å². The van der Waals surface area contributed by atoms with Gasteiger partial charge in [0.15, 0.2) is 5.13 Å². The Morgan fingerprint density at radius 2 is 1.88 bits per heavy atom. The number of aryl methyl sites for hydroxylation is 1. The van der Waals surface area contributed by atoms with Gasteiger partial charge in [0.1, 0.15) is 0 Å². The van der Waals surface area contributed by atoms with Crippen molar-refractivity contribution in [2.75, 3.05) is 38.5 Å². The number of hydrogen-bond donors (Lipinski definition) is 1. The van der Waals surface area contributed by atoms with Gasteiger partial charge in [-0.05, 0) is 58.2 Å². The van der Waals surface area contributed by atoms with Crippen LogP contribution < -0.4 is 5.32 Å². The maximum atomic E-state index is 12.5. The van der Waals surface area contributed by atoms with Crippen molar-refractivity contribution in [2.45, 2.75) is 39.0 Å². The molecule has 26 heavy (non-hydrogen) atoms. The summed E-state index contributed by atoms with van der Waals surface area (Å²) >= 11 is 1.62. The summed E-state index contributed by atoms with van der Waals surface area (Å²) in [5.74, 6) is 1.00. The maximum absolute atomic E-state index is 12.5. The molecule has 2 fully saturated rings. The van der Waals surface area contributed by atoms with Crippen molar-refractivity contribution in [3.63, 3.8) is 0 Å². The van der Waals surface area contributed by atoms with E-state index in [0.29, 0.717) is 19.0 Å². The van der Waals surface area contributed by atoms with Crippen molar-refractivity contribution in [1.82, 2.24) is 14.8 Å². The fourth-order valence-electron chi connectivity index (χ4n) is 4.14. The fraction of sp³-hybridized carbons (Fsp3) is 0.737. The SMILES string of the molecule is C[C@H]1CCc2nc(NC(=O)C3CN(C(=O)C4CCN(C)CC4)C3)sc2C1. The summed E-state index contributed by atoms with van der Waals surface area (Å²) in [5, 5.41) is 3.72. The molecule has 4 rings (SSSR count). The molecule has 0 unspecified atom stereocenters. The van der Waals surface area contributed by atoms with Gasteiger partial charge in [-0.15, -0.1) is 11.3 Å². The zero-order valence-electron chi connectivity index (χ0n) is 15.7. The minimum Gasteiger partial charge on any atom is -0.341 e. The number of fused-ring (bicyclic) bond motifs is 1. The second-order valence-corrected chi connectivity index (χ2v) is 9.33. The van der Waals surface area contributed by atoms with Gasteiger partial charge in [0, 0.05) is 23.9 Å². The Balaban J connectivity index is 1.26. The fourth-order valence-corrected chi connectivity index (χ4v) is 5.31. The standard InChI is InChI=1S/C19H28N4O2S/c1-12-3-4-15-16(9-12)26-19(20-15)21-17(24)14-10-23(11-14)18(25)13-5-7-22(2)8-6-13/h12-14H,3-11H2,1-2H3,(H,20,21,24)/t12-/m0/s1. The van der Waals surface area contributed by atoms with Crippen LogP contribution in [-0.4, -0.2) is 59.8 Å². The van der Waals surface area contributed by atoms with Gasteiger partial charge in [-0.2, -0.15) is 0 Å². The Morgan fingerprint density at radius 3 is 2.62 bits per heavy atom. The highest BCUT2D eigenvalue weighted by molar-refractivity contribution is 7.15. The Bertz CT molecular complexity index is 690. The van der Waals surface area contributed by atoms with Crippen LogP contribution >= 0.6 is 11.3 Å². The molecule has 1 atom stereocenters. The number of nitrogens with one attached hydrogen (secondary N) is 1. The first-order chi connectivity index (χ1) is 12.5. The highest BCUT2D eigenvalue weighted by Gasteiger charge is 2.39. The summed E-state index contributed by atoms with van der Waals surface area (Å²) < 4.78 is 0. The zero-order valence-corrected chi connectivity index (χ0v) is 16.5. The van der Waals surface area contributed by atoms with E-state index in [1.165, 1.54) is 11.3 Å². The van der Waals surface area contributed by atoms with Gasteiger partial charge >= 0.3 is 0 Å². The van der Waals surface area contributed by atoms with Crippen LogP contribution in [0.1, 0.15) is 36.8 Å². The third-order valence-electron chi connectivity index (χ3n) is 6.05. The molecule has 2 amide bonds. The summed E-state index contributed by atoms with van der Waals surface area (Å²) in [4.78, 5) is 35.1. The molecular formula is C19H28N4O2S. The van der Waals surface area contributed by atoms with Crippen molar-refractivity contribution in [3.8, 4) is 0 Å². The van der Waals surface area contributed by atoms with Gasteiger partial charge in [0.25, 0.3) is 0 Å². The number of anilines is 1. The molecule has 7 heteroatoms. The lowest BCUT2D eigenvalue weighted by Gasteiger charge is -2.41. The number of piperidine rings is 1. The van der Waals surface area contributed by atoms with Gasteiger partial charge in [0.2, 0.25) is 11.8 Å². The van der Waals surface area contributed by atoms with Gasteiger partial charge < -0.3 is 15.1 Å². The largest absolute Gasteiger partial charge is 0.341 e. The first-order valence-corrected chi connectivity index (χ1v) is 10.6. The van der Waals surface area contributed by atoms with Gasteiger partial charge in [-0.3, -0.25) is 9.59 Å². The first-order valence-electron chi connectivity index (χ1n) is 9.76. The Hall–Kier alpha value is -1.47. The van der Waals surface area contributed by atoms with Gasteiger partial charge in [0.05, 0.1) is 11.6 Å². The van der Waals surface area contributed by atoms with Gasteiger partial charge in [-0.25, -0.2) is 4.98 Å². The third-order valence-corrected chi connectivity index (χ3v) is 7.08.